The van der Waals surface area contributed by atoms with E-state index in [0.717, 1.165) is 71.6 Å². The van der Waals surface area contributed by atoms with Gasteiger partial charge in [0.25, 0.3) is 5.91 Å². The zero-order valence-electron chi connectivity index (χ0n) is 22.5. The minimum atomic E-state index is 0.0578. The fraction of sp³-hybridized carbons (Fsp3) is 0.312. The van der Waals surface area contributed by atoms with Crippen molar-refractivity contribution < 1.29 is 14.3 Å². The van der Waals surface area contributed by atoms with Gasteiger partial charge in [0.2, 0.25) is 6.79 Å². The zero-order chi connectivity index (χ0) is 26.8. The van der Waals surface area contributed by atoms with Crippen molar-refractivity contribution >= 4 is 22.6 Å². The van der Waals surface area contributed by atoms with Crippen LogP contribution in [0.4, 0.5) is 5.82 Å². The molecule has 7 nitrogen and oxygen atoms in total. The van der Waals surface area contributed by atoms with Gasteiger partial charge < -0.3 is 19.7 Å². The smallest absolute Gasteiger partial charge is 0.255 e. The molecule has 6 rings (SSSR count). The molecule has 1 atom stereocenters. The van der Waals surface area contributed by atoms with Crippen molar-refractivity contribution in [2.75, 3.05) is 31.7 Å². The molecule has 1 fully saturated rings. The first-order valence-corrected chi connectivity index (χ1v) is 13.8. The summed E-state index contributed by atoms with van der Waals surface area (Å²) in [5.74, 6) is 2.25. The van der Waals surface area contributed by atoms with Crippen molar-refractivity contribution in [2.45, 2.75) is 39.4 Å². The van der Waals surface area contributed by atoms with Gasteiger partial charge in [-0.05, 0) is 73.0 Å². The van der Waals surface area contributed by atoms with Gasteiger partial charge in [-0.1, -0.05) is 56.3 Å². The molecule has 39 heavy (non-hydrogen) atoms. The monoisotopic (exact) mass is 522 g/mol. The van der Waals surface area contributed by atoms with E-state index in [0.29, 0.717) is 17.9 Å². The highest BCUT2D eigenvalue weighted by Gasteiger charge is 2.33. The molecule has 3 aromatic carbocycles. The van der Waals surface area contributed by atoms with Gasteiger partial charge in [0.15, 0.2) is 11.5 Å². The maximum absolute atomic E-state index is 14.2. The minimum absolute atomic E-state index is 0.0578. The highest BCUT2D eigenvalue weighted by Crippen LogP contribution is 2.37. The SMILES string of the molecule is CCN(CC)C1CCCN1C(=O)c1cc(NCc2ccccc2)nc2ccc(-c3ccc4c(c3)OCO4)cc12. The quantitative estimate of drug-likeness (QED) is 0.300. The zero-order valence-corrected chi connectivity index (χ0v) is 22.5. The van der Waals surface area contributed by atoms with Crippen LogP contribution in [-0.4, -0.2) is 53.3 Å². The number of aromatic nitrogens is 1. The van der Waals surface area contributed by atoms with E-state index in [-0.39, 0.29) is 18.9 Å². The fourth-order valence-corrected chi connectivity index (χ4v) is 5.70. The average Bonchev–Trinajstić information content (AvgIpc) is 3.66. The number of benzene rings is 3. The Morgan fingerprint density at radius 3 is 2.56 bits per heavy atom. The lowest BCUT2D eigenvalue weighted by Crippen LogP contribution is -2.47. The molecule has 3 heterocycles. The predicted octanol–water partition coefficient (Wildman–Crippen LogP) is 6.15. The van der Waals surface area contributed by atoms with Gasteiger partial charge >= 0.3 is 0 Å². The van der Waals surface area contributed by atoms with Crippen LogP contribution >= 0.6 is 0 Å². The number of amides is 1. The Labute approximate surface area is 229 Å². The fourth-order valence-electron chi connectivity index (χ4n) is 5.70. The minimum Gasteiger partial charge on any atom is -0.454 e. The van der Waals surface area contributed by atoms with Crippen LogP contribution in [0.3, 0.4) is 0 Å². The summed E-state index contributed by atoms with van der Waals surface area (Å²) in [6, 6.07) is 24.2. The van der Waals surface area contributed by atoms with E-state index in [1.165, 1.54) is 0 Å². The molecule has 200 valence electrons. The van der Waals surface area contributed by atoms with Crippen molar-refractivity contribution in [1.82, 2.24) is 14.8 Å². The highest BCUT2D eigenvalue weighted by molar-refractivity contribution is 6.08. The van der Waals surface area contributed by atoms with Crippen LogP contribution in [0.5, 0.6) is 11.5 Å². The number of hydrogen-bond donors (Lipinski definition) is 1. The lowest BCUT2D eigenvalue weighted by molar-refractivity contribution is 0.0498. The molecule has 2 aliphatic heterocycles. The van der Waals surface area contributed by atoms with E-state index >= 15 is 0 Å². The Morgan fingerprint density at radius 2 is 1.74 bits per heavy atom. The number of nitrogens with zero attached hydrogens (tertiary/aromatic N) is 3. The second-order valence-corrected chi connectivity index (χ2v) is 10.0. The number of likely N-dealkylation sites (tertiary alicyclic amines) is 1. The molecule has 1 N–H and O–H groups in total. The van der Waals surface area contributed by atoms with Gasteiger partial charge in [0, 0.05) is 18.5 Å². The first-order chi connectivity index (χ1) is 19.1. The summed E-state index contributed by atoms with van der Waals surface area (Å²) in [6.45, 7) is 7.79. The van der Waals surface area contributed by atoms with Gasteiger partial charge in [0.05, 0.1) is 17.2 Å². The van der Waals surface area contributed by atoms with Crippen molar-refractivity contribution in [3.8, 4) is 22.6 Å². The third-order valence-electron chi connectivity index (χ3n) is 7.78. The summed E-state index contributed by atoms with van der Waals surface area (Å²) in [5, 5.41) is 4.30. The lowest BCUT2D eigenvalue weighted by Gasteiger charge is -2.34. The van der Waals surface area contributed by atoms with E-state index in [4.69, 9.17) is 14.5 Å². The summed E-state index contributed by atoms with van der Waals surface area (Å²) in [4.78, 5) is 23.6. The van der Waals surface area contributed by atoms with Crippen molar-refractivity contribution in [3.63, 3.8) is 0 Å². The number of nitrogens with one attached hydrogen (secondary N) is 1. The van der Waals surface area contributed by atoms with Crippen molar-refractivity contribution in [3.05, 3.63) is 83.9 Å². The van der Waals surface area contributed by atoms with Gasteiger partial charge in [-0.15, -0.1) is 0 Å². The molecule has 0 aliphatic carbocycles. The maximum Gasteiger partial charge on any atom is 0.255 e. The summed E-state index contributed by atoms with van der Waals surface area (Å²) < 4.78 is 11.1. The Bertz CT molecular complexity index is 1490. The Kier molecular flexibility index (Phi) is 7.07. The standard InChI is InChI=1S/C32H34N4O3/c1-3-35(4-2)31-11-8-16-36(31)32(37)26-19-30(33-20-22-9-6-5-7-10-22)34-27-14-12-23(17-25(26)27)24-13-15-28-29(18-24)39-21-38-28/h5-7,9-10,12-15,17-19,31H,3-4,8,11,16,20-21H2,1-2H3,(H,33,34). The summed E-state index contributed by atoms with van der Waals surface area (Å²) in [7, 11) is 0. The highest BCUT2D eigenvalue weighted by atomic mass is 16.7. The Hall–Kier alpha value is -4.10. The van der Waals surface area contributed by atoms with E-state index in [1.54, 1.807) is 0 Å². The molecule has 0 radical (unpaired) electrons. The third-order valence-corrected chi connectivity index (χ3v) is 7.78. The molecule has 1 amide bonds. The number of pyridine rings is 1. The number of carbonyl (C=O) groups is 1. The Balaban J connectivity index is 1.41. The van der Waals surface area contributed by atoms with Gasteiger partial charge in [-0.2, -0.15) is 0 Å². The second kappa shape index (κ2) is 10.9. The number of hydrogen-bond acceptors (Lipinski definition) is 6. The molecular formula is C32H34N4O3. The van der Waals surface area contributed by atoms with E-state index in [9.17, 15) is 4.79 Å². The van der Waals surface area contributed by atoms with Gasteiger partial charge in [0.1, 0.15) is 5.82 Å². The number of carbonyl (C=O) groups excluding carboxylic acids is 1. The molecule has 1 aromatic heterocycles. The van der Waals surface area contributed by atoms with Gasteiger partial charge in [-0.3, -0.25) is 9.69 Å². The molecule has 0 spiro atoms. The van der Waals surface area contributed by atoms with E-state index in [1.807, 2.05) is 48.5 Å². The van der Waals surface area contributed by atoms with E-state index < -0.39 is 0 Å². The van der Waals surface area contributed by atoms with Crippen molar-refractivity contribution in [1.29, 1.82) is 0 Å². The number of anilines is 1. The third kappa shape index (κ3) is 5.02. The molecule has 0 bridgehead atoms. The van der Waals surface area contributed by atoms with Crippen LogP contribution in [0.2, 0.25) is 0 Å². The summed E-state index contributed by atoms with van der Waals surface area (Å²) in [5.41, 5.74) is 4.64. The first-order valence-electron chi connectivity index (χ1n) is 13.8. The Morgan fingerprint density at radius 1 is 0.974 bits per heavy atom. The molecule has 4 aromatic rings. The van der Waals surface area contributed by atoms with Crippen LogP contribution in [0.1, 0.15) is 42.6 Å². The average molecular weight is 523 g/mol. The first kappa shape index (κ1) is 25.2. The van der Waals surface area contributed by atoms with Crippen molar-refractivity contribution in [2.24, 2.45) is 0 Å². The van der Waals surface area contributed by atoms with Crippen LogP contribution in [0, 0.1) is 0 Å². The predicted molar refractivity (Wildman–Crippen MR) is 154 cm³/mol. The second-order valence-electron chi connectivity index (χ2n) is 10.0. The van der Waals surface area contributed by atoms with Crippen LogP contribution in [0.25, 0.3) is 22.0 Å². The molecule has 2 aliphatic rings. The van der Waals surface area contributed by atoms with Crippen LogP contribution < -0.4 is 14.8 Å². The van der Waals surface area contributed by atoms with Crippen LogP contribution in [0.15, 0.2) is 72.8 Å². The normalized spacial score (nSPS) is 16.3. The molecule has 1 unspecified atom stereocenters. The topological polar surface area (TPSA) is 66.9 Å². The maximum atomic E-state index is 14.2. The largest absolute Gasteiger partial charge is 0.454 e. The number of ether oxygens (including phenoxy) is 2. The van der Waals surface area contributed by atoms with E-state index in [2.05, 4.69) is 53.2 Å². The number of rotatable bonds is 8. The van der Waals surface area contributed by atoms with Gasteiger partial charge in [-0.25, -0.2) is 4.98 Å². The van der Waals surface area contributed by atoms with Crippen LogP contribution in [-0.2, 0) is 6.54 Å². The summed E-state index contributed by atoms with van der Waals surface area (Å²) in [6.07, 6.45) is 2.13. The molecule has 1 saturated heterocycles. The number of fused-ring (bicyclic) bond motifs is 2. The molecule has 0 saturated carbocycles. The lowest BCUT2D eigenvalue weighted by atomic mass is 9.99. The summed E-state index contributed by atoms with van der Waals surface area (Å²) >= 11 is 0. The molecular weight excluding hydrogens is 488 g/mol. The molecule has 7 heteroatoms.